The molecule has 5 heteroatoms. The number of anilines is 1. The zero-order chi connectivity index (χ0) is 11.9. The quantitative estimate of drug-likeness (QED) is 0.745. The molecule has 1 aliphatic rings. The number of aliphatic hydroxyl groups is 1. The molecule has 0 unspecified atom stereocenters. The normalized spacial score (nSPS) is 17.2. The predicted molar refractivity (Wildman–Crippen MR) is 64.1 cm³/mol. The minimum Gasteiger partial charge on any atom is -0.408 e. The highest BCUT2D eigenvalue weighted by Crippen LogP contribution is 2.44. The molecule has 0 bridgehead atoms. The zero-order valence-electron chi connectivity index (χ0n) is 9.32. The van der Waals surface area contributed by atoms with E-state index >= 15 is 0 Å². The third-order valence-electron chi connectivity index (χ3n) is 3.38. The Morgan fingerprint density at radius 3 is 3.00 bits per heavy atom. The van der Waals surface area contributed by atoms with Gasteiger partial charge in [0.15, 0.2) is 5.58 Å². The van der Waals surface area contributed by atoms with Gasteiger partial charge in [-0.15, -0.1) is 0 Å². The van der Waals surface area contributed by atoms with Crippen molar-refractivity contribution in [2.24, 2.45) is 5.41 Å². The van der Waals surface area contributed by atoms with Crippen LogP contribution >= 0.6 is 0 Å². The van der Waals surface area contributed by atoms with Gasteiger partial charge >= 0.3 is 5.76 Å². The monoisotopic (exact) mass is 234 g/mol. The molecule has 90 valence electrons. The molecular weight excluding hydrogens is 220 g/mol. The number of hydrogen-bond acceptors (Lipinski definition) is 4. The van der Waals surface area contributed by atoms with E-state index in [1.54, 1.807) is 12.1 Å². The van der Waals surface area contributed by atoms with Gasteiger partial charge in [-0.1, -0.05) is 0 Å². The minimum absolute atomic E-state index is 0.0634. The van der Waals surface area contributed by atoms with Gasteiger partial charge in [-0.3, -0.25) is 4.98 Å². The molecule has 1 aromatic carbocycles. The first-order chi connectivity index (χ1) is 8.21. The summed E-state index contributed by atoms with van der Waals surface area (Å²) in [7, 11) is 0. The van der Waals surface area contributed by atoms with Gasteiger partial charge in [-0.2, -0.15) is 0 Å². The van der Waals surface area contributed by atoms with E-state index in [0.717, 1.165) is 25.1 Å². The van der Waals surface area contributed by atoms with Gasteiger partial charge in [-0.25, -0.2) is 4.79 Å². The van der Waals surface area contributed by atoms with Crippen molar-refractivity contribution in [2.75, 3.05) is 18.5 Å². The number of hydrogen-bond donors (Lipinski definition) is 3. The Kier molecular flexibility index (Phi) is 2.22. The van der Waals surface area contributed by atoms with Crippen LogP contribution in [0.4, 0.5) is 5.69 Å². The fraction of sp³-hybridized carbons (Fsp3) is 0.417. The molecule has 17 heavy (non-hydrogen) atoms. The molecule has 1 fully saturated rings. The Labute approximate surface area is 97.5 Å². The van der Waals surface area contributed by atoms with Crippen LogP contribution in [0.1, 0.15) is 12.8 Å². The summed E-state index contributed by atoms with van der Waals surface area (Å²) in [5.74, 6) is -0.439. The van der Waals surface area contributed by atoms with Crippen molar-refractivity contribution in [3.63, 3.8) is 0 Å². The van der Waals surface area contributed by atoms with E-state index < -0.39 is 5.76 Å². The van der Waals surface area contributed by atoms with Gasteiger partial charge in [0, 0.05) is 23.7 Å². The van der Waals surface area contributed by atoms with Crippen molar-refractivity contribution >= 4 is 16.8 Å². The Bertz CT molecular complexity index is 595. The van der Waals surface area contributed by atoms with E-state index in [9.17, 15) is 9.90 Å². The number of aliphatic hydroxyl groups excluding tert-OH is 1. The van der Waals surface area contributed by atoms with Crippen LogP contribution in [0.5, 0.6) is 0 Å². The summed E-state index contributed by atoms with van der Waals surface area (Å²) in [6.07, 6.45) is 2.13. The fourth-order valence-corrected chi connectivity index (χ4v) is 1.91. The van der Waals surface area contributed by atoms with Gasteiger partial charge < -0.3 is 14.8 Å². The van der Waals surface area contributed by atoms with Crippen LogP contribution in [0.25, 0.3) is 11.1 Å². The Morgan fingerprint density at radius 1 is 1.47 bits per heavy atom. The standard InChI is InChI=1S/C12H14N2O3/c15-7-12(3-4-12)6-13-8-1-2-9-10(5-8)17-11(16)14-9/h1-2,5,13,15H,3-4,6-7H2,(H,14,16). The van der Waals surface area contributed by atoms with Crippen molar-refractivity contribution in [1.82, 2.24) is 4.98 Å². The second-order valence-corrected chi connectivity index (χ2v) is 4.74. The number of rotatable bonds is 4. The lowest BCUT2D eigenvalue weighted by Crippen LogP contribution is -2.18. The first kappa shape index (κ1) is 10.4. The molecule has 5 nitrogen and oxygen atoms in total. The van der Waals surface area contributed by atoms with Gasteiger partial charge in [0.2, 0.25) is 0 Å². The van der Waals surface area contributed by atoms with Crippen LogP contribution in [0.15, 0.2) is 27.4 Å². The third-order valence-corrected chi connectivity index (χ3v) is 3.38. The fourth-order valence-electron chi connectivity index (χ4n) is 1.91. The summed E-state index contributed by atoms with van der Waals surface area (Å²) in [4.78, 5) is 13.6. The van der Waals surface area contributed by atoms with Crippen molar-refractivity contribution in [1.29, 1.82) is 0 Å². The van der Waals surface area contributed by atoms with E-state index in [1.807, 2.05) is 6.07 Å². The number of fused-ring (bicyclic) bond motifs is 1. The molecule has 0 aliphatic heterocycles. The van der Waals surface area contributed by atoms with E-state index in [4.69, 9.17) is 4.42 Å². The molecule has 1 heterocycles. The second kappa shape index (κ2) is 3.63. The molecule has 3 N–H and O–H groups in total. The lowest BCUT2D eigenvalue weighted by molar-refractivity contribution is 0.220. The van der Waals surface area contributed by atoms with Crippen molar-refractivity contribution < 1.29 is 9.52 Å². The van der Waals surface area contributed by atoms with E-state index in [0.29, 0.717) is 11.1 Å². The van der Waals surface area contributed by atoms with Crippen LogP contribution in [-0.2, 0) is 0 Å². The van der Waals surface area contributed by atoms with Gasteiger partial charge in [0.05, 0.1) is 12.1 Å². The Balaban J connectivity index is 1.78. The maximum absolute atomic E-state index is 11.0. The van der Waals surface area contributed by atoms with E-state index in [-0.39, 0.29) is 12.0 Å². The van der Waals surface area contributed by atoms with Crippen LogP contribution in [0, 0.1) is 5.41 Å². The molecule has 2 aromatic rings. The number of H-pyrrole nitrogens is 1. The summed E-state index contributed by atoms with van der Waals surface area (Å²) in [5, 5.41) is 12.5. The maximum Gasteiger partial charge on any atom is 0.417 e. The van der Waals surface area contributed by atoms with Crippen LogP contribution in [0.2, 0.25) is 0 Å². The summed E-state index contributed by atoms with van der Waals surface area (Å²) in [6.45, 7) is 0.977. The average molecular weight is 234 g/mol. The van der Waals surface area contributed by atoms with E-state index in [1.165, 1.54) is 0 Å². The highest BCUT2D eigenvalue weighted by atomic mass is 16.4. The average Bonchev–Trinajstić information content (AvgIpc) is 3.01. The molecule has 0 atom stereocenters. The van der Waals surface area contributed by atoms with Gasteiger partial charge in [0.25, 0.3) is 0 Å². The van der Waals surface area contributed by atoms with E-state index in [2.05, 4.69) is 10.3 Å². The SMILES string of the molecule is O=c1[nH]c2ccc(NCC3(CO)CC3)cc2o1. The van der Waals surface area contributed by atoms with Crippen LogP contribution < -0.4 is 11.1 Å². The Morgan fingerprint density at radius 2 is 2.29 bits per heavy atom. The maximum atomic E-state index is 11.0. The van der Waals surface area contributed by atoms with Crippen molar-refractivity contribution in [3.8, 4) is 0 Å². The first-order valence-electron chi connectivity index (χ1n) is 5.68. The molecule has 0 spiro atoms. The number of oxazole rings is 1. The summed E-state index contributed by atoms with van der Waals surface area (Å²) in [6, 6.07) is 5.49. The lowest BCUT2D eigenvalue weighted by atomic mass is 10.1. The van der Waals surface area contributed by atoms with Gasteiger partial charge in [-0.05, 0) is 25.0 Å². The molecule has 1 aliphatic carbocycles. The molecule has 0 radical (unpaired) electrons. The molecule has 1 aromatic heterocycles. The lowest BCUT2D eigenvalue weighted by Gasteiger charge is -2.13. The smallest absolute Gasteiger partial charge is 0.408 e. The molecule has 1 saturated carbocycles. The topological polar surface area (TPSA) is 78.3 Å². The molecule has 0 amide bonds. The summed E-state index contributed by atoms with van der Waals surface area (Å²) in [5.41, 5.74) is 2.21. The third kappa shape index (κ3) is 1.93. The second-order valence-electron chi connectivity index (χ2n) is 4.74. The van der Waals surface area contributed by atoms with Gasteiger partial charge in [0.1, 0.15) is 0 Å². The number of nitrogens with one attached hydrogen (secondary N) is 2. The molecule has 0 saturated heterocycles. The highest BCUT2D eigenvalue weighted by Gasteiger charge is 2.41. The number of aromatic nitrogens is 1. The Hall–Kier alpha value is -1.75. The van der Waals surface area contributed by atoms with Crippen molar-refractivity contribution in [2.45, 2.75) is 12.8 Å². The zero-order valence-corrected chi connectivity index (χ0v) is 9.32. The predicted octanol–water partition coefficient (Wildman–Crippen LogP) is 1.31. The largest absolute Gasteiger partial charge is 0.417 e. The molecule has 3 rings (SSSR count). The van der Waals surface area contributed by atoms with Crippen LogP contribution in [-0.4, -0.2) is 23.2 Å². The number of benzene rings is 1. The molecular formula is C12H14N2O3. The number of aromatic amines is 1. The van der Waals surface area contributed by atoms with Crippen LogP contribution in [0.3, 0.4) is 0 Å². The first-order valence-corrected chi connectivity index (χ1v) is 5.68. The summed E-state index contributed by atoms with van der Waals surface area (Å²) < 4.78 is 4.98. The highest BCUT2D eigenvalue weighted by molar-refractivity contribution is 5.76. The minimum atomic E-state index is -0.439. The summed E-state index contributed by atoms with van der Waals surface area (Å²) >= 11 is 0. The van der Waals surface area contributed by atoms with Crippen molar-refractivity contribution in [3.05, 3.63) is 28.7 Å².